The molecule has 0 radical (unpaired) electrons. The zero-order valence-electron chi connectivity index (χ0n) is 13.8. The average molecular weight is 396 g/mol. The molecule has 0 bridgehead atoms. The van der Waals surface area contributed by atoms with E-state index in [0.717, 1.165) is 0 Å². The van der Waals surface area contributed by atoms with E-state index in [2.05, 4.69) is 4.98 Å². The van der Waals surface area contributed by atoms with Gasteiger partial charge in [-0.05, 0) is 35.7 Å². The summed E-state index contributed by atoms with van der Waals surface area (Å²) in [5.74, 6) is -0.890. The first-order valence-electron chi connectivity index (χ1n) is 8.15. The molecule has 1 unspecified atom stereocenters. The van der Waals surface area contributed by atoms with Crippen molar-refractivity contribution < 1.29 is 19.1 Å². The summed E-state index contributed by atoms with van der Waals surface area (Å²) >= 11 is 12.1. The summed E-state index contributed by atoms with van der Waals surface area (Å²) in [6, 6.07) is 6.04. The maximum absolute atomic E-state index is 15.5. The van der Waals surface area contributed by atoms with Crippen molar-refractivity contribution in [2.45, 2.75) is 38.0 Å². The highest BCUT2D eigenvalue weighted by Gasteiger charge is 2.46. The molecule has 1 heterocycles. The van der Waals surface area contributed by atoms with Gasteiger partial charge < -0.3 is 5.11 Å². The lowest BCUT2D eigenvalue weighted by molar-refractivity contribution is -0.131. The predicted octanol–water partition coefficient (Wildman–Crippen LogP) is 4.22. The number of nitrogens with zero attached hydrogens (tertiary/aromatic N) is 1. The van der Waals surface area contributed by atoms with Crippen LogP contribution in [0.5, 0.6) is 0 Å². The Labute approximate surface area is 160 Å². The van der Waals surface area contributed by atoms with Crippen LogP contribution in [0, 0.1) is 0 Å². The fraction of sp³-hybridized carbons (Fsp3) is 0.316. The summed E-state index contributed by atoms with van der Waals surface area (Å²) in [7, 11) is 0. The number of hydrogen-bond donors (Lipinski definition) is 1. The van der Waals surface area contributed by atoms with Gasteiger partial charge in [-0.2, -0.15) is 0 Å². The summed E-state index contributed by atoms with van der Waals surface area (Å²) in [4.78, 5) is 28.6. The lowest BCUT2D eigenvalue weighted by Gasteiger charge is -2.29. The zero-order valence-corrected chi connectivity index (χ0v) is 15.3. The number of hydrogen-bond acceptors (Lipinski definition) is 4. The number of aromatic nitrogens is 1. The molecule has 0 saturated carbocycles. The van der Waals surface area contributed by atoms with Gasteiger partial charge in [0, 0.05) is 41.1 Å². The van der Waals surface area contributed by atoms with Crippen LogP contribution in [0.1, 0.15) is 46.4 Å². The Morgan fingerprint density at radius 2 is 2.12 bits per heavy atom. The van der Waals surface area contributed by atoms with Gasteiger partial charge in [0.05, 0.1) is 6.61 Å². The molecule has 1 N–H and O–H groups in total. The first-order valence-corrected chi connectivity index (χ1v) is 8.91. The number of rotatable bonds is 5. The molecule has 0 fully saturated rings. The first kappa shape index (κ1) is 19.0. The monoisotopic (exact) mass is 395 g/mol. The van der Waals surface area contributed by atoms with Crippen molar-refractivity contribution in [3.8, 4) is 0 Å². The van der Waals surface area contributed by atoms with Gasteiger partial charge in [-0.25, -0.2) is 4.39 Å². The normalized spacial score (nSPS) is 19.3. The van der Waals surface area contributed by atoms with Gasteiger partial charge in [-0.15, -0.1) is 0 Å². The summed E-state index contributed by atoms with van der Waals surface area (Å²) in [5.41, 5.74) is -1.12. The lowest BCUT2D eigenvalue weighted by atomic mass is 9.78. The Morgan fingerprint density at radius 1 is 1.35 bits per heavy atom. The number of halogens is 3. The summed E-state index contributed by atoms with van der Waals surface area (Å²) < 4.78 is 15.5. The zero-order chi connectivity index (χ0) is 18.9. The summed E-state index contributed by atoms with van der Waals surface area (Å²) in [5, 5.41) is 10.2. The molecule has 1 aliphatic carbocycles. The number of benzene rings is 1. The Hall–Kier alpha value is -1.82. The number of alkyl halides is 1. The van der Waals surface area contributed by atoms with E-state index in [4.69, 9.17) is 23.2 Å². The SMILES string of the molecule is O=C1CCC(F)(C(=O)CCc2c(Cl)cc(Cl)cc2CO)c2cccnc21. The number of aliphatic hydroxyl groups excluding tert-OH is 1. The van der Waals surface area contributed by atoms with E-state index in [1.807, 2.05) is 0 Å². The maximum Gasteiger partial charge on any atom is 0.196 e. The molecule has 4 nitrogen and oxygen atoms in total. The number of carbonyl (C=O) groups excluding carboxylic acids is 2. The van der Waals surface area contributed by atoms with E-state index in [1.54, 1.807) is 6.07 Å². The fourth-order valence-electron chi connectivity index (χ4n) is 3.29. The molecule has 3 rings (SSSR count). The van der Waals surface area contributed by atoms with E-state index in [0.29, 0.717) is 21.2 Å². The van der Waals surface area contributed by atoms with E-state index in [1.165, 1.54) is 24.4 Å². The minimum absolute atomic E-state index is 0.0233. The topological polar surface area (TPSA) is 67.3 Å². The van der Waals surface area contributed by atoms with Crippen LogP contribution in [0.15, 0.2) is 30.5 Å². The molecular weight excluding hydrogens is 380 g/mol. The second-order valence-electron chi connectivity index (χ2n) is 6.23. The third-order valence-corrected chi connectivity index (χ3v) is 5.22. The highest BCUT2D eigenvalue weighted by atomic mass is 35.5. The Balaban J connectivity index is 1.86. The molecule has 0 saturated heterocycles. The smallest absolute Gasteiger partial charge is 0.196 e. The van der Waals surface area contributed by atoms with Crippen LogP contribution in [-0.4, -0.2) is 21.7 Å². The molecule has 0 spiro atoms. The van der Waals surface area contributed by atoms with Gasteiger partial charge in [0.2, 0.25) is 0 Å². The van der Waals surface area contributed by atoms with E-state index >= 15 is 4.39 Å². The van der Waals surface area contributed by atoms with Crippen molar-refractivity contribution in [1.82, 2.24) is 4.98 Å². The Kier molecular flexibility index (Phi) is 5.42. The van der Waals surface area contributed by atoms with Gasteiger partial charge in [0.1, 0.15) is 5.69 Å². The van der Waals surface area contributed by atoms with Crippen molar-refractivity contribution in [3.63, 3.8) is 0 Å². The molecular formula is C19H16Cl2FNO3. The second-order valence-corrected chi connectivity index (χ2v) is 7.07. The van der Waals surface area contributed by atoms with Crippen molar-refractivity contribution in [2.75, 3.05) is 0 Å². The van der Waals surface area contributed by atoms with Crippen LogP contribution in [0.25, 0.3) is 0 Å². The molecule has 1 atom stereocenters. The molecule has 26 heavy (non-hydrogen) atoms. The minimum atomic E-state index is -2.24. The number of fused-ring (bicyclic) bond motifs is 1. The third-order valence-electron chi connectivity index (χ3n) is 4.66. The van der Waals surface area contributed by atoms with Gasteiger partial charge in [0.15, 0.2) is 17.2 Å². The predicted molar refractivity (Wildman–Crippen MR) is 96.3 cm³/mol. The molecule has 0 amide bonds. The van der Waals surface area contributed by atoms with E-state index in [-0.39, 0.29) is 49.3 Å². The minimum Gasteiger partial charge on any atom is -0.392 e. The van der Waals surface area contributed by atoms with Gasteiger partial charge >= 0.3 is 0 Å². The molecule has 1 aliphatic rings. The van der Waals surface area contributed by atoms with Crippen LogP contribution in [-0.2, 0) is 23.5 Å². The van der Waals surface area contributed by atoms with Crippen LogP contribution >= 0.6 is 23.2 Å². The van der Waals surface area contributed by atoms with Crippen molar-refractivity contribution in [2.24, 2.45) is 0 Å². The summed E-state index contributed by atoms with van der Waals surface area (Å²) in [6.45, 7) is -0.286. The number of pyridine rings is 1. The highest BCUT2D eigenvalue weighted by Crippen LogP contribution is 2.40. The van der Waals surface area contributed by atoms with Crippen LogP contribution < -0.4 is 0 Å². The van der Waals surface area contributed by atoms with Crippen LogP contribution in [0.4, 0.5) is 4.39 Å². The number of ketones is 2. The fourth-order valence-corrected chi connectivity index (χ4v) is 3.92. The molecule has 2 aromatic rings. The largest absolute Gasteiger partial charge is 0.392 e. The second kappa shape index (κ2) is 7.43. The Bertz CT molecular complexity index is 887. The average Bonchev–Trinajstić information content (AvgIpc) is 2.63. The number of aliphatic hydroxyl groups is 1. The third kappa shape index (κ3) is 3.39. The summed E-state index contributed by atoms with van der Waals surface area (Å²) in [6.07, 6.45) is 1.21. The molecule has 0 aliphatic heterocycles. The highest BCUT2D eigenvalue weighted by molar-refractivity contribution is 6.35. The maximum atomic E-state index is 15.5. The van der Waals surface area contributed by atoms with E-state index < -0.39 is 11.5 Å². The van der Waals surface area contributed by atoms with Crippen LogP contribution in [0.3, 0.4) is 0 Å². The number of carbonyl (C=O) groups is 2. The molecule has 1 aromatic carbocycles. The standard InChI is InChI=1S/C19H16Cl2FNO3/c20-12-8-11(10-24)13(15(21)9-12)3-4-17(26)19(22)6-5-16(25)18-14(19)2-1-7-23-18/h1-2,7-9,24H,3-6,10H2. The first-order chi connectivity index (χ1) is 12.4. The van der Waals surface area contributed by atoms with Crippen LogP contribution in [0.2, 0.25) is 10.0 Å². The molecule has 136 valence electrons. The lowest BCUT2D eigenvalue weighted by Crippen LogP contribution is -2.37. The van der Waals surface area contributed by atoms with Gasteiger partial charge in [-0.1, -0.05) is 29.3 Å². The van der Waals surface area contributed by atoms with Gasteiger partial charge in [0.25, 0.3) is 0 Å². The molecule has 1 aromatic heterocycles. The van der Waals surface area contributed by atoms with E-state index in [9.17, 15) is 14.7 Å². The van der Waals surface area contributed by atoms with Crippen molar-refractivity contribution >= 4 is 34.8 Å². The van der Waals surface area contributed by atoms with Crippen molar-refractivity contribution in [3.05, 3.63) is 62.9 Å². The quantitative estimate of drug-likeness (QED) is 0.822. The molecule has 7 heteroatoms. The number of Topliss-reactive ketones (excluding diaryl/α,β-unsaturated/α-hetero) is 2. The van der Waals surface area contributed by atoms with Crippen molar-refractivity contribution in [1.29, 1.82) is 0 Å². The Morgan fingerprint density at radius 3 is 2.85 bits per heavy atom. The van der Waals surface area contributed by atoms with Gasteiger partial charge in [-0.3, -0.25) is 14.6 Å².